The molecule has 0 saturated carbocycles. The van der Waals surface area contributed by atoms with Gasteiger partial charge >= 0.3 is 0 Å². The van der Waals surface area contributed by atoms with E-state index in [1.54, 1.807) is 11.2 Å². The highest BCUT2D eigenvalue weighted by Gasteiger charge is 2.35. The van der Waals surface area contributed by atoms with Gasteiger partial charge in [0.15, 0.2) is 20.8 Å². The predicted molar refractivity (Wildman–Crippen MR) is 115 cm³/mol. The van der Waals surface area contributed by atoms with Gasteiger partial charge in [-0.25, -0.2) is 8.42 Å². The van der Waals surface area contributed by atoms with Crippen LogP contribution in [0.3, 0.4) is 0 Å². The van der Waals surface area contributed by atoms with E-state index in [9.17, 15) is 13.2 Å². The number of anilines is 1. The maximum atomic E-state index is 13.2. The number of rotatable bonds is 6. The van der Waals surface area contributed by atoms with E-state index in [0.717, 1.165) is 11.3 Å². The Hall–Kier alpha value is -2.59. The van der Waals surface area contributed by atoms with Crippen LogP contribution in [0.15, 0.2) is 52.2 Å². The van der Waals surface area contributed by atoms with E-state index < -0.39 is 9.84 Å². The Balaban J connectivity index is 1.53. The molecule has 0 spiro atoms. The molecule has 1 atom stereocenters. The van der Waals surface area contributed by atoms with Gasteiger partial charge in [-0.05, 0) is 31.5 Å². The van der Waals surface area contributed by atoms with E-state index in [1.807, 2.05) is 54.9 Å². The number of amides is 1. The largest absolute Gasteiger partial charge is 0.469 e. The zero-order valence-corrected chi connectivity index (χ0v) is 18.3. The van der Waals surface area contributed by atoms with Gasteiger partial charge in [0.2, 0.25) is 5.91 Å². The topological polar surface area (TPSA) is 98.3 Å². The minimum atomic E-state index is -3.12. The Morgan fingerprint density at radius 2 is 2.03 bits per heavy atom. The summed E-state index contributed by atoms with van der Waals surface area (Å²) in [5, 5.41) is 9.03. The summed E-state index contributed by atoms with van der Waals surface area (Å²) in [6, 6.07) is 10.7. The van der Waals surface area contributed by atoms with Crippen molar-refractivity contribution in [3.63, 3.8) is 0 Å². The van der Waals surface area contributed by atoms with Gasteiger partial charge in [0, 0.05) is 12.7 Å². The third-order valence-electron chi connectivity index (χ3n) is 5.14. The number of aryl methyl sites for hydroxylation is 1. The van der Waals surface area contributed by atoms with Gasteiger partial charge in [0.05, 0.1) is 35.1 Å². The van der Waals surface area contributed by atoms with Crippen molar-refractivity contribution in [2.45, 2.75) is 24.5 Å². The molecule has 1 saturated heterocycles. The second-order valence-corrected chi connectivity index (χ2v) is 10.4. The SMILES string of the molecule is Cc1occc1-c1nnc(SCC(=O)N(c2ccccc2)[C@H]2CCS(=O)(=O)C2)n1C. The zero-order chi connectivity index (χ0) is 21.3. The van der Waals surface area contributed by atoms with Crippen LogP contribution in [0, 0.1) is 6.92 Å². The average molecular weight is 447 g/mol. The molecule has 30 heavy (non-hydrogen) atoms. The number of hydrogen-bond donors (Lipinski definition) is 0. The van der Waals surface area contributed by atoms with Crippen LogP contribution in [0.5, 0.6) is 0 Å². The summed E-state index contributed by atoms with van der Waals surface area (Å²) in [5.74, 6) is 1.48. The van der Waals surface area contributed by atoms with Gasteiger partial charge in [0.1, 0.15) is 5.76 Å². The highest BCUT2D eigenvalue weighted by Crippen LogP contribution is 2.28. The van der Waals surface area contributed by atoms with E-state index in [1.165, 1.54) is 11.8 Å². The molecule has 10 heteroatoms. The third kappa shape index (κ3) is 4.15. The first-order valence-corrected chi connectivity index (χ1v) is 12.3. The lowest BCUT2D eigenvalue weighted by atomic mass is 10.2. The minimum Gasteiger partial charge on any atom is -0.469 e. The summed E-state index contributed by atoms with van der Waals surface area (Å²) in [6.07, 6.45) is 2.05. The summed E-state index contributed by atoms with van der Waals surface area (Å²) in [5.41, 5.74) is 1.56. The molecule has 1 aliphatic heterocycles. The second-order valence-electron chi connectivity index (χ2n) is 7.20. The second kappa shape index (κ2) is 8.27. The number of carbonyl (C=O) groups is 1. The molecule has 8 nitrogen and oxygen atoms in total. The van der Waals surface area contributed by atoms with Crippen LogP contribution in [0.4, 0.5) is 5.69 Å². The number of aromatic nitrogens is 3. The molecule has 1 aromatic carbocycles. The molecule has 0 radical (unpaired) electrons. The van der Waals surface area contributed by atoms with Crippen molar-refractivity contribution < 1.29 is 17.6 Å². The van der Waals surface area contributed by atoms with Crippen molar-refractivity contribution in [1.82, 2.24) is 14.8 Å². The molecule has 4 rings (SSSR count). The predicted octanol–water partition coefficient (Wildman–Crippen LogP) is 2.70. The fourth-order valence-corrected chi connectivity index (χ4v) is 6.08. The van der Waals surface area contributed by atoms with Crippen LogP contribution in [0.1, 0.15) is 12.2 Å². The van der Waals surface area contributed by atoms with E-state index in [4.69, 9.17) is 4.42 Å². The van der Waals surface area contributed by atoms with Gasteiger partial charge < -0.3 is 13.9 Å². The fourth-order valence-electron chi connectivity index (χ4n) is 3.61. The summed E-state index contributed by atoms with van der Waals surface area (Å²) in [7, 11) is -1.28. The van der Waals surface area contributed by atoms with Crippen molar-refractivity contribution in [2.75, 3.05) is 22.2 Å². The molecule has 1 aliphatic rings. The maximum absolute atomic E-state index is 13.2. The van der Waals surface area contributed by atoms with Gasteiger partial charge in [-0.3, -0.25) is 4.79 Å². The molecule has 1 fully saturated rings. The lowest BCUT2D eigenvalue weighted by molar-refractivity contribution is -0.116. The van der Waals surface area contributed by atoms with Gasteiger partial charge in [-0.1, -0.05) is 30.0 Å². The first kappa shape index (κ1) is 20.7. The molecule has 0 aliphatic carbocycles. The van der Waals surface area contributed by atoms with Crippen molar-refractivity contribution in [3.8, 4) is 11.4 Å². The molecule has 3 aromatic rings. The van der Waals surface area contributed by atoms with Crippen LogP contribution < -0.4 is 4.90 Å². The number of furan rings is 1. The highest BCUT2D eigenvalue weighted by molar-refractivity contribution is 7.99. The standard InChI is InChI=1S/C20H22N4O4S2/c1-14-17(8-10-28-14)19-21-22-20(23(19)2)29-12-18(25)24(15-6-4-3-5-7-15)16-9-11-30(26,27)13-16/h3-8,10,16H,9,11-13H2,1-2H3/t16-/m0/s1. The number of sulfone groups is 1. The van der Waals surface area contributed by atoms with Crippen LogP contribution in [0.25, 0.3) is 11.4 Å². The molecule has 0 unspecified atom stereocenters. The first-order valence-electron chi connectivity index (χ1n) is 9.50. The van der Waals surface area contributed by atoms with Crippen LogP contribution >= 0.6 is 11.8 Å². The van der Waals surface area contributed by atoms with Crippen molar-refractivity contribution in [3.05, 3.63) is 48.4 Å². The van der Waals surface area contributed by atoms with E-state index in [0.29, 0.717) is 23.1 Å². The third-order valence-corrected chi connectivity index (χ3v) is 7.89. The van der Waals surface area contributed by atoms with E-state index >= 15 is 0 Å². The van der Waals surface area contributed by atoms with Crippen LogP contribution in [-0.2, 0) is 21.7 Å². The Bertz CT molecular complexity index is 1150. The number of thioether (sulfide) groups is 1. The fraction of sp³-hybridized carbons (Fsp3) is 0.350. The molecule has 0 bridgehead atoms. The van der Waals surface area contributed by atoms with Gasteiger partial charge in [-0.15, -0.1) is 10.2 Å². The molecule has 1 amide bonds. The lowest BCUT2D eigenvalue weighted by Crippen LogP contribution is -2.42. The maximum Gasteiger partial charge on any atom is 0.237 e. The Kier molecular flexibility index (Phi) is 5.70. The quantitative estimate of drug-likeness (QED) is 0.537. The molecular formula is C20H22N4O4S2. The molecule has 3 heterocycles. The summed E-state index contributed by atoms with van der Waals surface area (Å²) in [6.45, 7) is 1.85. The van der Waals surface area contributed by atoms with Gasteiger partial charge in [-0.2, -0.15) is 0 Å². The van der Waals surface area contributed by atoms with Crippen LogP contribution in [0.2, 0.25) is 0 Å². The Morgan fingerprint density at radius 3 is 2.67 bits per heavy atom. The first-order chi connectivity index (χ1) is 14.4. The lowest BCUT2D eigenvalue weighted by Gasteiger charge is -2.28. The average Bonchev–Trinajstić information content (AvgIpc) is 3.40. The number of carbonyl (C=O) groups excluding carboxylic acids is 1. The molecule has 0 N–H and O–H groups in total. The van der Waals surface area contributed by atoms with Crippen molar-refractivity contribution in [2.24, 2.45) is 7.05 Å². The van der Waals surface area contributed by atoms with Crippen molar-refractivity contribution >= 4 is 33.2 Å². The number of hydrogen-bond acceptors (Lipinski definition) is 7. The smallest absolute Gasteiger partial charge is 0.237 e. The molecular weight excluding hydrogens is 424 g/mol. The summed E-state index contributed by atoms with van der Waals surface area (Å²) >= 11 is 1.28. The minimum absolute atomic E-state index is 0.00776. The Labute approximate surface area is 179 Å². The number of benzene rings is 1. The van der Waals surface area contributed by atoms with E-state index in [2.05, 4.69) is 10.2 Å². The van der Waals surface area contributed by atoms with Gasteiger partial charge in [0.25, 0.3) is 0 Å². The summed E-state index contributed by atoms with van der Waals surface area (Å²) < 4.78 is 31.1. The zero-order valence-electron chi connectivity index (χ0n) is 16.7. The number of nitrogens with zero attached hydrogens (tertiary/aromatic N) is 4. The highest BCUT2D eigenvalue weighted by atomic mass is 32.2. The van der Waals surface area contributed by atoms with Crippen molar-refractivity contribution in [1.29, 1.82) is 0 Å². The van der Waals surface area contributed by atoms with E-state index in [-0.39, 0.29) is 29.2 Å². The van der Waals surface area contributed by atoms with Crippen LogP contribution in [-0.4, -0.2) is 52.4 Å². The Morgan fingerprint density at radius 1 is 1.27 bits per heavy atom. The number of para-hydroxylation sites is 1. The molecule has 158 valence electrons. The summed E-state index contributed by atoms with van der Waals surface area (Å²) in [4.78, 5) is 14.8. The normalized spacial score (nSPS) is 17.9. The molecule has 2 aromatic heterocycles. The monoisotopic (exact) mass is 446 g/mol.